The van der Waals surface area contributed by atoms with Crippen molar-refractivity contribution in [3.63, 3.8) is 0 Å². The quantitative estimate of drug-likeness (QED) is 0.346. The first-order valence-corrected chi connectivity index (χ1v) is 3.07. The second kappa shape index (κ2) is 12.3. The summed E-state index contributed by atoms with van der Waals surface area (Å²) in [6.45, 7) is 6.98. The van der Waals surface area contributed by atoms with Crippen molar-refractivity contribution in [3.05, 3.63) is 0 Å². The average Bonchev–Trinajstić information content (AvgIpc) is 1.81. The molecule has 0 aliphatic carbocycles. The number of hydrogen-bond acceptors (Lipinski definition) is 2. The Kier molecular flexibility index (Phi) is 17.9. The van der Waals surface area contributed by atoms with Crippen LogP contribution in [-0.4, -0.2) is 26.4 Å². The van der Waals surface area contributed by atoms with Crippen molar-refractivity contribution in [3.8, 4) is 0 Å². The SMILES string of the molecule is CCOCCOCC.[H-].[K+]. The van der Waals surface area contributed by atoms with Crippen molar-refractivity contribution < 1.29 is 62.3 Å². The first kappa shape index (κ1) is 13.2. The molecule has 0 spiro atoms. The summed E-state index contributed by atoms with van der Waals surface area (Å²) in [6.07, 6.45) is 0. The van der Waals surface area contributed by atoms with Crippen molar-refractivity contribution in [1.29, 1.82) is 0 Å². The van der Waals surface area contributed by atoms with Gasteiger partial charge in [-0.05, 0) is 13.8 Å². The van der Waals surface area contributed by atoms with E-state index in [2.05, 4.69) is 0 Å². The molecule has 0 radical (unpaired) electrons. The summed E-state index contributed by atoms with van der Waals surface area (Å²) in [4.78, 5) is 0. The van der Waals surface area contributed by atoms with E-state index in [1.807, 2.05) is 13.8 Å². The van der Waals surface area contributed by atoms with Gasteiger partial charge in [-0.2, -0.15) is 0 Å². The number of ether oxygens (including phenoxy) is 2. The fourth-order valence-corrected chi connectivity index (χ4v) is 0.407. The van der Waals surface area contributed by atoms with Crippen molar-refractivity contribution in [2.75, 3.05) is 26.4 Å². The molecule has 0 saturated carbocycles. The van der Waals surface area contributed by atoms with Crippen LogP contribution in [0.1, 0.15) is 15.3 Å². The van der Waals surface area contributed by atoms with Crippen LogP contribution in [-0.2, 0) is 9.47 Å². The Morgan fingerprint density at radius 1 is 1.00 bits per heavy atom. The number of hydrogen-bond donors (Lipinski definition) is 0. The van der Waals surface area contributed by atoms with Crippen LogP contribution in [0.4, 0.5) is 0 Å². The monoisotopic (exact) mass is 158 g/mol. The fourth-order valence-electron chi connectivity index (χ4n) is 0.407. The summed E-state index contributed by atoms with van der Waals surface area (Å²) < 4.78 is 10.0. The van der Waals surface area contributed by atoms with Gasteiger partial charge in [0.25, 0.3) is 0 Å². The molecule has 0 atom stereocenters. The summed E-state index contributed by atoms with van der Waals surface area (Å²) in [6, 6.07) is 0. The summed E-state index contributed by atoms with van der Waals surface area (Å²) in [7, 11) is 0. The topological polar surface area (TPSA) is 18.5 Å². The van der Waals surface area contributed by atoms with Crippen molar-refractivity contribution in [2.24, 2.45) is 0 Å². The maximum atomic E-state index is 5.01. The van der Waals surface area contributed by atoms with Gasteiger partial charge in [-0.25, -0.2) is 0 Å². The van der Waals surface area contributed by atoms with Gasteiger partial charge in [0, 0.05) is 13.2 Å². The minimum atomic E-state index is 0. The maximum absolute atomic E-state index is 5.01. The molecule has 0 rings (SSSR count). The third kappa shape index (κ3) is 12.7. The van der Waals surface area contributed by atoms with Gasteiger partial charge in [-0.15, -0.1) is 0 Å². The van der Waals surface area contributed by atoms with Crippen LogP contribution in [0, 0.1) is 0 Å². The van der Waals surface area contributed by atoms with Crippen molar-refractivity contribution in [1.82, 2.24) is 0 Å². The molecule has 3 heteroatoms. The van der Waals surface area contributed by atoms with E-state index in [0.717, 1.165) is 26.4 Å². The summed E-state index contributed by atoms with van der Waals surface area (Å²) in [5, 5.41) is 0. The summed E-state index contributed by atoms with van der Waals surface area (Å²) in [5.41, 5.74) is 0. The molecular formula is C6H15KO2. The van der Waals surface area contributed by atoms with Crippen LogP contribution in [0.3, 0.4) is 0 Å². The second-order valence-electron chi connectivity index (χ2n) is 1.39. The molecule has 0 aliphatic heterocycles. The van der Waals surface area contributed by atoms with Gasteiger partial charge in [0.05, 0.1) is 13.2 Å². The van der Waals surface area contributed by atoms with E-state index >= 15 is 0 Å². The van der Waals surface area contributed by atoms with Gasteiger partial charge >= 0.3 is 51.4 Å². The van der Waals surface area contributed by atoms with Gasteiger partial charge in [0.2, 0.25) is 0 Å². The molecule has 0 heterocycles. The minimum Gasteiger partial charge on any atom is -1.00 e. The third-order valence-electron chi connectivity index (χ3n) is 0.780. The van der Waals surface area contributed by atoms with Crippen LogP contribution in [0.15, 0.2) is 0 Å². The van der Waals surface area contributed by atoms with Gasteiger partial charge in [0.1, 0.15) is 0 Å². The Labute approximate surface area is 101 Å². The molecule has 0 aromatic rings. The molecule has 0 bridgehead atoms. The molecule has 0 unspecified atom stereocenters. The Bertz CT molecular complexity index is 40.7. The summed E-state index contributed by atoms with van der Waals surface area (Å²) >= 11 is 0. The molecule has 0 N–H and O–H groups in total. The maximum Gasteiger partial charge on any atom is 1.00 e. The zero-order chi connectivity index (χ0) is 6.24. The first-order chi connectivity index (χ1) is 3.91. The van der Waals surface area contributed by atoms with Crippen LogP contribution in [0.2, 0.25) is 0 Å². The number of rotatable bonds is 5. The molecule has 9 heavy (non-hydrogen) atoms. The van der Waals surface area contributed by atoms with E-state index in [1.165, 1.54) is 0 Å². The second-order valence-corrected chi connectivity index (χ2v) is 1.39. The first-order valence-electron chi connectivity index (χ1n) is 3.07. The molecule has 0 aliphatic rings. The molecule has 0 aromatic heterocycles. The van der Waals surface area contributed by atoms with Crippen LogP contribution >= 0.6 is 0 Å². The molecule has 2 nitrogen and oxygen atoms in total. The summed E-state index contributed by atoms with van der Waals surface area (Å²) in [5.74, 6) is 0. The van der Waals surface area contributed by atoms with Crippen molar-refractivity contribution in [2.45, 2.75) is 13.8 Å². The molecular weight excluding hydrogens is 143 g/mol. The van der Waals surface area contributed by atoms with E-state index in [0.29, 0.717) is 0 Å². The standard InChI is InChI=1S/C6H14O2.K.H/c1-3-7-5-6-8-4-2;;/h3-6H2,1-2H3;;/q;+1;-1. The van der Waals surface area contributed by atoms with E-state index < -0.39 is 0 Å². The Morgan fingerprint density at radius 2 is 1.33 bits per heavy atom. The minimum absolute atomic E-state index is 0. The van der Waals surface area contributed by atoms with Gasteiger partial charge in [-0.1, -0.05) is 0 Å². The van der Waals surface area contributed by atoms with E-state index in [1.54, 1.807) is 0 Å². The van der Waals surface area contributed by atoms with E-state index in [-0.39, 0.29) is 52.8 Å². The van der Waals surface area contributed by atoms with Gasteiger partial charge in [-0.3, -0.25) is 0 Å². The molecule has 0 saturated heterocycles. The molecule has 0 amide bonds. The van der Waals surface area contributed by atoms with E-state index in [9.17, 15) is 0 Å². The predicted octanol–water partition coefficient (Wildman–Crippen LogP) is -1.82. The van der Waals surface area contributed by atoms with Crippen LogP contribution < -0.4 is 51.4 Å². The Hall–Kier alpha value is 1.56. The third-order valence-corrected chi connectivity index (χ3v) is 0.780. The zero-order valence-electron chi connectivity index (χ0n) is 7.64. The zero-order valence-corrected chi connectivity index (χ0v) is 9.77. The predicted molar refractivity (Wildman–Crippen MR) is 34.1 cm³/mol. The molecule has 0 fully saturated rings. The van der Waals surface area contributed by atoms with Crippen LogP contribution in [0.5, 0.6) is 0 Å². The Balaban J connectivity index is -0.000000245. The van der Waals surface area contributed by atoms with E-state index in [4.69, 9.17) is 9.47 Å². The largest absolute Gasteiger partial charge is 1.00 e. The Morgan fingerprint density at radius 3 is 1.56 bits per heavy atom. The average molecular weight is 158 g/mol. The smallest absolute Gasteiger partial charge is 1.00 e. The molecule has 0 aromatic carbocycles. The molecule has 52 valence electrons. The van der Waals surface area contributed by atoms with Crippen LogP contribution in [0.25, 0.3) is 0 Å². The van der Waals surface area contributed by atoms with Gasteiger partial charge in [0.15, 0.2) is 0 Å². The fraction of sp³-hybridized carbons (Fsp3) is 1.00. The van der Waals surface area contributed by atoms with Crippen molar-refractivity contribution >= 4 is 0 Å². The van der Waals surface area contributed by atoms with Gasteiger partial charge < -0.3 is 10.9 Å². The normalized spacial score (nSPS) is 8.67.